The van der Waals surface area contributed by atoms with Gasteiger partial charge in [0.25, 0.3) is 0 Å². The number of rotatable bonds is 5. The molecule has 4 heteroatoms. The van der Waals surface area contributed by atoms with E-state index in [0.29, 0.717) is 0 Å². The molecule has 0 radical (unpaired) electrons. The van der Waals surface area contributed by atoms with Crippen LogP contribution in [0.15, 0.2) is 65.9 Å². The van der Waals surface area contributed by atoms with E-state index < -0.39 is 0 Å². The average Bonchev–Trinajstić information content (AvgIpc) is 3.02. The smallest absolute Gasteiger partial charge is 0.137 e. The molecular weight excluding hydrogens is 260 g/mol. The molecule has 2 heterocycles. The number of H-pyrrole nitrogens is 1. The lowest BCUT2D eigenvalue weighted by Crippen LogP contribution is -1.93. The molecule has 3 aromatic rings. The van der Waals surface area contributed by atoms with Crippen LogP contribution >= 0.6 is 0 Å². The molecule has 0 atom stereocenters. The molecule has 104 valence electrons. The summed E-state index contributed by atoms with van der Waals surface area (Å²) in [5, 5.41) is 0. The first-order valence-electron chi connectivity index (χ1n) is 6.92. The first-order chi connectivity index (χ1) is 10.4. The predicted octanol–water partition coefficient (Wildman–Crippen LogP) is 3.13. The van der Waals surface area contributed by atoms with Gasteiger partial charge in [-0.05, 0) is 12.1 Å². The molecule has 4 nitrogen and oxygen atoms in total. The molecule has 0 aliphatic rings. The van der Waals surface area contributed by atoms with E-state index >= 15 is 0 Å². The van der Waals surface area contributed by atoms with E-state index in [1.54, 1.807) is 12.4 Å². The summed E-state index contributed by atoms with van der Waals surface area (Å²) in [6, 6.07) is 16.0. The summed E-state index contributed by atoms with van der Waals surface area (Å²) in [6.45, 7) is 0.719. The van der Waals surface area contributed by atoms with Crippen LogP contribution in [0.25, 0.3) is 11.4 Å². The van der Waals surface area contributed by atoms with E-state index in [4.69, 9.17) is 0 Å². The zero-order chi connectivity index (χ0) is 14.3. The number of pyridine rings is 1. The summed E-state index contributed by atoms with van der Waals surface area (Å²) in [5.41, 5.74) is 3.05. The minimum atomic E-state index is 0.719. The second-order valence-electron chi connectivity index (χ2n) is 4.66. The van der Waals surface area contributed by atoms with Crippen molar-refractivity contribution in [2.24, 2.45) is 4.99 Å². The molecule has 0 saturated carbocycles. The van der Waals surface area contributed by atoms with Crippen LogP contribution < -0.4 is 0 Å². The van der Waals surface area contributed by atoms with Crippen molar-refractivity contribution in [1.29, 1.82) is 0 Å². The van der Waals surface area contributed by atoms with Gasteiger partial charge in [0.2, 0.25) is 0 Å². The predicted molar refractivity (Wildman–Crippen MR) is 84.4 cm³/mol. The number of imidazole rings is 1. The Morgan fingerprint density at radius 2 is 1.86 bits per heavy atom. The number of aromatic nitrogens is 3. The molecule has 3 rings (SSSR count). The summed E-state index contributed by atoms with van der Waals surface area (Å²) in [7, 11) is 0. The zero-order valence-electron chi connectivity index (χ0n) is 11.6. The summed E-state index contributed by atoms with van der Waals surface area (Å²) >= 11 is 0. The monoisotopic (exact) mass is 276 g/mol. The molecule has 21 heavy (non-hydrogen) atoms. The Morgan fingerprint density at radius 1 is 1.00 bits per heavy atom. The van der Waals surface area contributed by atoms with Crippen LogP contribution in [-0.4, -0.2) is 27.7 Å². The maximum Gasteiger partial charge on any atom is 0.137 e. The van der Waals surface area contributed by atoms with Crippen LogP contribution in [0.5, 0.6) is 0 Å². The van der Waals surface area contributed by atoms with Gasteiger partial charge in [-0.3, -0.25) is 9.98 Å². The van der Waals surface area contributed by atoms with Crippen LogP contribution in [0.2, 0.25) is 0 Å². The fourth-order valence-corrected chi connectivity index (χ4v) is 2.03. The maximum atomic E-state index is 4.41. The first kappa shape index (κ1) is 13.2. The van der Waals surface area contributed by atoms with E-state index in [0.717, 1.165) is 35.7 Å². The molecule has 1 N–H and O–H groups in total. The second-order valence-corrected chi connectivity index (χ2v) is 4.66. The van der Waals surface area contributed by atoms with Gasteiger partial charge in [-0.25, -0.2) is 4.98 Å². The van der Waals surface area contributed by atoms with E-state index in [9.17, 15) is 0 Å². The topological polar surface area (TPSA) is 53.9 Å². The van der Waals surface area contributed by atoms with Gasteiger partial charge in [0.1, 0.15) is 5.82 Å². The summed E-state index contributed by atoms with van der Waals surface area (Å²) in [4.78, 5) is 16.3. The number of aliphatic imine (C=N–C) groups is 1. The molecule has 1 aromatic carbocycles. The fourth-order valence-electron chi connectivity index (χ4n) is 2.03. The highest BCUT2D eigenvalue weighted by atomic mass is 14.9. The number of hydrogen-bond donors (Lipinski definition) is 1. The fraction of sp³-hybridized carbons (Fsp3) is 0.118. The van der Waals surface area contributed by atoms with Gasteiger partial charge >= 0.3 is 0 Å². The van der Waals surface area contributed by atoms with Crippen molar-refractivity contribution in [2.45, 2.75) is 6.42 Å². The van der Waals surface area contributed by atoms with Crippen molar-refractivity contribution in [3.05, 3.63) is 72.3 Å². The number of nitrogens with zero attached hydrogens (tertiary/aromatic N) is 3. The molecule has 0 spiro atoms. The molecule has 0 unspecified atom stereocenters. The van der Waals surface area contributed by atoms with Gasteiger partial charge in [0.05, 0.1) is 11.9 Å². The van der Waals surface area contributed by atoms with Crippen molar-refractivity contribution < 1.29 is 0 Å². The third kappa shape index (κ3) is 3.63. The van der Waals surface area contributed by atoms with Crippen LogP contribution in [0, 0.1) is 0 Å². The highest BCUT2D eigenvalue weighted by Crippen LogP contribution is 2.13. The lowest BCUT2D eigenvalue weighted by molar-refractivity contribution is 0.926. The standard InChI is InChI=1S/C17H16N4/c1-2-6-14(7-3-1)17-20-13-16(21-17)12-18-11-9-15-8-4-5-10-19-15/h1-8,10,12-13H,9,11H2,(H,20,21). The Morgan fingerprint density at radius 3 is 2.67 bits per heavy atom. The van der Waals surface area contributed by atoms with Gasteiger partial charge in [-0.2, -0.15) is 0 Å². The molecule has 0 amide bonds. The number of hydrogen-bond acceptors (Lipinski definition) is 3. The lowest BCUT2D eigenvalue weighted by atomic mass is 10.2. The summed E-state index contributed by atoms with van der Waals surface area (Å²) < 4.78 is 0. The van der Waals surface area contributed by atoms with Crippen molar-refractivity contribution in [1.82, 2.24) is 15.0 Å². The SMILES string of the molecule is C(=NCCc1ccccn1)c1cnc(-c2ccccc2)[nH]1. The molecule has 0 aliphatic heterocycles. The van der Waals surface area contributed by atoms with Crippen LogP contribution in [-0.2, 0) is 6.42 Å². The van der Waals surface area contributed by atoms with Gasteiger partial charge in [-0.1, -0.05) is 36.4 Å². The Bertz CT molecular complexity index is 702. The Kier molecular flexibility index (Phi) is 4.17. The molecule has 0 fully saturated rings. The molecular formula is C17H16N4. The number of nitrogens with one attached hydrogen (secondary N) is 1. The quantitative estimate of drug-likeness (QED) is 0.728. The Hall–Kier alpha value is -2.75. The van der Waals surface area contributed by atoms with E-state index in [1.165, 1.54) is 0 Å². The highest BCUT2D eigenvalue weighted by molar-refractivity contribution is 5.78. The second kappa shape index (κ2) is 6.61. The van der Waals surface area contributed by atoms with Crippen molar-refractivity contribution in [2.75, 3.05) is 6.54 Å². The van der Waals surface area contributed by atoms with Gasteiger partial charge in [0, 0.05) is 36.6 Å². The van der Waals surface area contributed by atoms with Gasteiger partial charge in [0.15, 0.2) is 0 Å². The van der Waals surface area contributed by atoms with E-state index in [1.807, 2.05) is 54.7 Å². The Labute approximate surface area is 123 Å². The van der Waals surface area contributed by atoms with Crippen LogP contribution in [0.1, 0.15) is 11.4 Å². The number of aromatic amines is 1. The lowest BCUT2D eigenvalue weighted by Gasteiger charge is -1.95. The highest BCUT2D eigenvalue weighted by Gasteiger charge is 2.00. The first-order valence-corrected chi connectivity index (χ1v) is 6.92. The zero-order valence-corrected chi connectivity index (χ0v) is 11.6. The minimum absolute atomic E-state index is 0.719. The van der Waals surface area contributed by atoms with E-state index in [2.05, 4.69) is 19.9 Å². The molecule has 0 saturated heterocycles. The van der Waals surface area contributed by atoms with Crippen molar-refractivity contribution in [3.8, 4) is 11.4 Å². The van der Waals surface area contributed by atoms with Crippen LogP contribution in [0.4, 0.5) is 0 Å². The van der Waals surface area contributed by atoms with Crippen LogP contribution in [0.3, 0.4) is 0 Å². The van der Waals surface area contributed by atoms with Crippen molar-refractivity contribution in [3.63, 3.8) is 0 Å². The molecule has 0 aliphatic carbocycles. The van der Waals surface area contributed by atoms with Gasteiger partial charge in [-0.15, -0.1) is 0 Å². The van der Waals surface area contributed by atoms with Crippen molar-refractivity contribution >= 4 is 6.21 Å². The summed E-state index contributed by atoms with van der Waals surface area (Å²) in [5.74, 6) is 0.863. The van der Waals surface area contributed by atoms with E-state index in [-0.39, 0.29) is 0 Å². The van der Waals surface area contributed by atoms with Gasteiger partial charge < -0.3 is 4.98 Å². The molecule has 0 bridgehead atoms. The summed E-state index contributed by atoms with van der Waals surface area (Å²) in [6.07, 6.45) is 6.27. The molecule has 2 aromatic heterocycles. The largest absolute Gasteiger partial charge is 0.337 e. The number of benzene rings is 1. The normalized spacial score (nSPS) is 11.0. The average molecular weight is 276 g/mol. The third-order valence-corrected chi connectivity index (χ3v) is 3.10. The third-order valence-electron chi connectivity index (χ3n) is 3.10. The Balaban J connectivity index is 1.58. The minimum Gasteiger partial charge on any atom is -0.337 e. The maximum absolute atomic E-state index is 4.41.